The Kier molecular flexibility index (Phi) is 4.51. The lowest BCUT2D eigenvalue weighted by Gasteiger charge is -2.07. The number of imidazole rings is 1. The highest BCUT2D eigenvalue weighted by atomic mass is 127. The van der Waals surface area contributed by atoms with E-state index in [-0.39, 0.29) is 5.91 Å². The third-order valence-electron chi connectivity index (χ3n) is 3.41. The van der Waals surface area contributed by atoms with Gasteiger partial charge in [0.2, 0.25) is 0 Å². The smallest absolute Gasteiger partial charge is 0.274 e. The Labute approximate surface area is 147 Å². The van der Waals surface area contributed by atoms with Gasteiger partial charge in [0.15, 0.2) is 11.4 Å². The van der Waals surface area contributed by atoms with Crippen LogP contribution in [0.4, 0.5) is 5.69 Å². The molecule has 0 aliphatic carbocycles. The number of hydrogen-bond acceptors (Lipinski definition) is 3. The molecule has 3 aromatic rings. The second-order valence-electron chi connectivity index (χ2n) is 5.01. The predicted molar refractivity (Wildman–Crippen MR) is 98.2 cm³/mol. The van der Waals surface area contributed by atoms with Gasteiger partial charge in [0.1, 0.15) is 5.69 Å². The van der Waals surface area contributed by atoms with Gasteiger partial charge in [-0.25, -0.2) is 4.98 Å². The van der Waals surface area contributed by atoms with E-state index in [0.29, 0.717) is 29.4 Å². The molecule has 2 aromatic heterocycles. The molecule has 0 saturated carbocycles. The Morgan fingerprint density at radius 3 is 2.74 bits per heavy atom. The van der Waals surface area contributed by atoms with E-state index >= 15 is 0 Å². The van der Waals surface area contributed by atoms with Crippen LogP contribution in [0, 0.1) is 10.5 Å². The van der Waals surface area contributed by atoms with Crippen LogP contribution >= 0.6 is 22.6 Å². The van der Waals surface area contributed by atoms with Crippen LogP contribution in [-0.2, 0) is 0 Å². The number of carbonyl (C=O) groups excluding carboxylic acids is 1. The summed E-state index contributed by atoms with van der Waals surface area (Å²) in [5, 5.41) is 2.91. The first-order valence-electron chi connectivity index (χ1n) is 7.27. The fraction of sp³-hybridized carbons (Fsp3) is 0.176. The van der Waals surface area contributed by atoms with Crippen molar-refractivity contribution >= 4 is 39.8 Å². The first-order chi connectivity index (χ1) is 11.1. The molecule has 0 aliphatic rings. The van der Waals surface area contributed by atoms with Crippen LogP contribution in [-0.4, -0.2) is 21.9 Å². The highest BCUT2D eigenvalue weighted by Gasteiger charge is 2.18. The summed E-state index contributed by atoms with van der Waals surface area (Å²) in [6.07, 6.45) is 1.82. The second-order valence-corrected chi connectivity index (χ2v) is 6.25. The molecular formula is C17H16IN3O2. The van der Waals surface area contributed by atoms with E-state index in [9.17, 15) is 4.79 Å². The zero-order valence-corrected chi connectivity index (χ0v) is 15.0. The summed E-state index contributed by atoms with van der Waals surface area (Å²) in [7, 11) is 0. The summed E-state index contributed by atoms with van der Waals surface area (Å²) >= 11 is 2.23. The number of ether oxygens (including phenoxy) is 1. The van der Waals surface area contributed by atoms with Crippen LogP contribution in [0.3, 0.4) is 0 Å². The molecule has 118 valence electrons. The maximum absolute atomic E-state index is 12.6. The number of nitrogens with one attached hydrogen (secondary N) is 1. The highest BCUT2D eigenvalue weighted by molar-refractivity contribution is 14.1. The molecule has 2 heterocycles. The van der Waals surface area contributed by atoms with Gasteiger partial charge in [-0.1, -0.05) is 0 Å². The van der Waals surface area contributed by atoms with Crippen molar-refractivity contribution in [2.24, 2.45) is 0 Å². The number of hydrogen-bond donors (Lipinski definition) is 1. The lowest BCUT2D eigenvalue weighted by atomic mass is 10.3. The number of fused-ring (bicyclic) bond motifs is 1. The number of nitrogens with zero attached hydrogens (tertiary/aromatic N) is 2. The van der Waals surface area contributed by atoms with Gasteiger partial charge in [-0.2, -0.15) is 0 Å². The normalized spacial score (nSPS) is 10.7. The van der Waals surface area contributed by atoms with E-state index < -0.39 is 0 Å². The van der Waals surface area contributed by atoms with Crippen LogP contribution in [0.1, 0.15) is 23.1 Å². The van der Waals surface area contributed by atoms with E-state index in [4.69, 9.17) is 4.74 Å². The number of benzene rings is 1. The van der Waals surface area contributed by atoms with Gasteiger partial charge in [-0.15, -0.1) is 0 Å². The molecule has 1 aromatic carbocycles. The van der Waals surface area contributed by atoms with E-state index in [0.717, 1.165) is 9.26 Å². The number of carbonyl (C=O) groups is 1. The van der Waals surface area contributed by atoms with Crippen molar-refractivity contribution in [2.45, 2.75) is 13.8 Å². The first kappa shape index (κ1) is 15.8. The van der Waals surface area contributed by atoms with E-state index in [2.05, 4.69) is 32.9 Å². The van der Waals surface area contributed by atoms with E-state index in [1.165, 1.54) is 0 Å². The minimum Gasteiger partial charge on any atom is -0.490 e. The van der Waals surface area contributed by atoms with Crippen molar-refractivity contribution in [3.05, 3.63) is 57.6 Å². The SMILES string of the molecule is CCOc1cccn2c(C(=O)Nc3ccc(I)cc3)c(C)nc12. The number of amides is 1. The number of rotatable bonds is 4. The number of aromatic nitrogens is 2. The molecule has 0 saturated heterocycles. The Balaban J connectivity index is 1.98. The van der Waals surface area contributed by atoms with Gasteiger partial charge in [-0.05, 0) is 72.8 Å². The maximum atomic E-state index is 12.6. The van der Waals surface area contributed by atoms with Crippen LogP contribution in [0.15, 0.2) is 42.6 Å². The fourth-order valence-corrected chi connectivity index (χ4v) is 2.78. The van der Waals surface area contributed by atoms with Crippen LogP contribution in [0.25, 0.3) is 5.65 Å². The van der Waals surface area contributed by atoms with E-state index in [1.54, 1.807) is 4.40 Å². The molecule has 1 N–H and O–H groups in total. The minimum atomic E-state index is -0.190. The lowest BCUT2D eigenvalue weighted by molar-refractivity contribution is 0.102. The molecule has 0 bridgehead atoms. The number of anilines is 1. The molecule has 0 aliphatic heterocycles. The van der Waals surface area contributed by atoms with Gasteiger partial charge >= 0.3 is 0 Å². The predicted octanol–water partition coefficient (Wildman–Crippen LogP) is 3.90. The lowest BCUT2D eigenvalue weighted by Crippen LogP contribution is -2.15. The molecule has 0 fully saturated rings. The molecule has 1 amide bonds. The standard InChI is InChI=1S/C17H16IN3O2/c1-3-23-14-5-4-10-21-15(11(2)19-16(14)21)17(22)20-13-8-6-12(18)7-9-13/h4-10H,3H2,1-2H3,(H,20,22). The summed E-state index contributed by atoms with van der Waals surface area (Å²) in [4.78, 5) is 17.1. The van der Waals surface area contributed by atoms with Crippen molar-refractivity contribution < 1.29 is 9.53 Å². The molecule has 3 rings (SSSR count). The van der Waals surface area contributed by atoms with Crippen molar-refractivity contribution in [3.63, 3.8) is 0 Å². The molecule has 6 heteroatoms. The first-order valence-corrected chi connectivity index (χ1v) is 8.35. The third kappa shape index (κ3) is 3.17. The maximum Gasteiger partial charge on any atom is 0.274 e. The monoisotopic (exact) mass is 421 g/mol. The van der Waals surface area contributed by atoms with Crippen molar-refractivity contribution in [2.75, 3.05) is 11.9 Å². The summed E-state index contributed by atoms with van der Waals surface area (Å²) in [5.41, 5.74) is 2.59. The van der Waals surface area contributed by atoms with Crippen LogP contribution in [0.2, 0.25) is 0 Å². The largest absolute Gasteiger partial charge is 0.490 e. The Hall–Kier alpha value is -2.09. The number of pyridine rings is 1. The molecule has 0 atom stereocenters. The molecule has 0 radical (unpaired) electrons. The molecule has 0 spiro atoms. The molecule has 23 heavy (non-hydrogen) atoms. The zero-order chi connectivity index (χ0) is 16.4. The van der Waals surface area contributed by atoms with Gasteiger partial charge in [-0.3, -0.25) is 9.20 Å². The highest BCUT2D eigenvalue weighted by Crippen LogP contribution is 2.23. The average Bonchev–Trinajstić information content (AvgIpc) is 2.87. The second kappa shape index (κ2) is 6.57. The number of halogens is 1. The topological polar surface area (TPSA) is 55.6 Å². The fourth-order valence-electron chi connectivity index (χ4n) is 2.42. The van der Waals surface area contributed by atoms with Gasteiger partial charge in [0.05, 0.1) is 12.3 Å². The molecule has 0 unspecified atom stereocenters. The Morgan fingerprint density at radius 2 is 2.04 bits per heavy atom. The summed E-state index contributed by atoms with van der Waals surface area (Å²) in [5.74, 6) is 0.483. The quantitative estimate of drug-likeness (QED) is 0.651. The van der Waals surface area contributed by atoms with Crippen molar-refractivity contribution in [1.82, 2.24) is 9.38 Å². The minimum absolute atomic E-state index is 0.190. The third-order valence-corrected chi connectivity index (χ3v) is 4.12. The molecule has 5 nitrogen and oxygen atoms in total. The number of aryl methyl sites for hydroxylation is 1. The summed E-state index contributed by atoms with van der Waals surface area (Å²) in [6.45, 7) is 4.30. The average molecular weight is 421 g/mol. The van der Waals surface area contributed by atoms with Crippen molar-refractivity contribution in [1.29, 1.82) is 0 Å². The summed E-state index contributed by atoms with van der Waals surface area (Å²) < 4.78 is 8.47. The summed E-state index contributed by atoms with van der Waals surface area (Å²) in [6, 6.07) is 11.4. The van der Waals surface area contributed by atoms with Crippen LogP contribution < -0.4 is 10.1 Å². The Morgan fingerprint density at radius 1 is 1.30 bits per heavy atom. The van der Waals surface area contributed by atoms with Gasteiger partial charge in [0, 0.05) is 15.5 Å². The van der Waals surface area contributed by atoms with Crippen molar-refractivity contribution in [3.8, 4) is 5.75 Å². The Bertz CT molecular complexity index is 856. The van der Waals surface area contributed by atoms with E-state index in [1.807, 2.05) is 56.4 Å². The van der Waals surface area contributed by atoms with Crippen LogP contribution in [0.5, 0.6) is 5.75 Å². The van der Waals surface area contributed by atoms with Gasteiger partial charge < -0.3 is 10.1 Å². The van der Waals surface area contributed by atoms with Gasteiger partial charge in [0.25, 0.3) is 5.91 Å². The molecular weight excluding hydrogens is 405 g/mol. The zero-order valence-electron chi connectivity index (χ0n) is 12.8.